The van der Waals surface area contributed by atoms with Crippen molar-refractivity contribution in [2.45, 2.75) is 18.6 Å². The molecular weight excluding hydrogens is 229 g/mol. The maximum Gasteiger partial charge on any atom is 0.416 e. The van der Waals surface area contributed by atoms with E-state index in [-0.39, 0.29) is 11.5 Å². The van der Waals surface area contributed by atoms with Gasteiger partial charge in [0.25, 0.3) is 0 Å². The van der Waals surface area contributed by atoms with Crippen LogP contribution in [0.3, 0.4) is 0 Å². The van der Waals surface area contributed by atoms with E-state index in [2.05, 4.69) is 5.32 Å². The molecule has 2 unspecified atom stereocenters. The van der Waals surface area contributed by atoms with Crippen LogP contribution in [0.5, 0.6) is 0 Å². The molecule has 1 aromatic carbocycles. The molecule has 1 aliphatic heterocycles. The first-order valence-electron chi connectivity index (χ1n) is 5.62. The first-order chi connectivity index (χ1) is 8.00. The Kier molecular flexibility index (Phi) is 3.40. The highest BCUT2D eigenvalue weighted by molar-refractivity contribution is 5.32. The lowest BCUT2D eigenvalue weighted by molar-refractivity contribution is -0.138. The van der Waals surface area contributed by atoms with Crippen LogP contribution in [-0.2, 0) is 6.18 Å². The molecule has 0 bridgehead atoms. The van der Waals surface area contributed by atoms with Gasteiger partial charge in [-0.15, -0.1) is 0 Å². The third kappa shape index (κ3) is 2.61. The Morgan fingerprint density at radius 2 is 2.00 bits per heavy atom. The zero-order valence-electron chi connectivity index (χ0n) is 9.30. The van der Waals surface area contributed by atoms with Crippen LogP contribution in [0.25, 0.3) is 0 Å². The van der Waals surface area contributed by atoms with E-state index in [1.54, 1.807) is 6.07 Å². The summed E-state index contributed by atoms with van der Waals surface area (Å²) in [4.78, 5) is 0. The summed E-state index contributed by atoms with van der Waals surface area (Å²) >= 11 is 0. The van der Waals surface area contributed by atoms with Gasteiger partial charge in [0.15, 0.2) is 0 Å². The summed E-state index contributed by atoms with van der Waals surface area (Å²) in [5.74, 6) is 0.0819. The number of nitrogens with one attached hydrogen (secondary N) is 1. The van der Waals surface area contributed by atoms with Gasteiger partial charge in [-0.05, 0) is 37.1 Å². The molecule has 94 valence electrons. The summed E-state index contributed by atoms with van der Waals surface area (Å²) in [5, 5.41) is 3.12. The van der Waals surface area contributed by atoms with Crippen molar-refractivity contribution in [1.82, 2.24) is 5.32 Å². The number of rotatable bonds is 2. The summed E-state index contributed by atoms with van der Waals surface area (Å²) in [5.41, 5.74) is 5.55. The highest BCUT2D eigenvalue weighted by Gasteiger charge is 2.36. The van der Waals surface area contributed by atoms with Gasteiger partial charge in [0.2, 0.25) is 0 Å². The number of alkyl halides is 3. The lowest BCUT2D eigenvalue weighted by atomic mass is 9.90. The molecule has 0 aromatic heterocycles. The SMILES string of the molecule is NC(c1ccccc1C(F)(F)F)C1CCNC1. The first-order valence-corrected chi connectivity index (χ1v) is 5.62. The number of nitrogens with two attached hydrogens (primary N) is 1. The fraction of sp³-hybridized carbons (Fsp3) is 0.500. The Morgan fingerprint density at radius 3 is 2.59 bits per heavy atom. The predicted molar refractivity (Wildman–Crippen MR) is 59.3 cm³/mol. The molecule has 2 rings (SSSR count). The van der Waals surface area contributed by atoms with Crippen molar-refractivity contribution in [3.05, 3.63) is 35.4 Å². The van der Waals surface area contributed by atoms with Gasteiger partial charge in [0.05, 0.1) is 5.56 Å². The van der Waals surface area contributed by atoms with Gasteiger partial charge in [0.1, 0.15) is 0 Å². The summed E-state index contributed by atoms with van der Waals surface area (Å²) < 4.78 is 38.5. The predicted octanol–water partition coefficient (Wildman–Crippen LogP) is 2.31. The zero-order chi connectivity index (χ0) is 12.5. The third-order valence-corrected chi connectivity index (χ3v) is 3.23. The average Bonchev–Trinajstić information content (AvgIpc) is 2.80. The lowest BCUT2D eigenvalue weighted by Crippen LogP contribution is -2.26. The van der Waals surface area contributed by atoms with E-state index >= 15 is 0 Å². The van der Waals surface area contributed by atoms with Crippen molar-refractivity contribution < 1.29 is 13.2 Å². The van der Waals surface area contributed by atoms with Gasteiger partial charge < -0.3 is 11.1 Å². The number of hydrogen-bond acceptors (Lipinski definition) is 2. The quantitative estimate of drug-likeness (QED) is 0.837. The van der Waals surface area contributed by atoms with Crippen LogP contribution in [0.2, 0.25) is 0 Å². The van der Waals surface area contributed by atoms with Crippen LogP contribution in [0, 0.1) is 5.92 Å². The lowest BCUT2D eigenvalue weighted by Gasteiger charge is -2.22. The first kappa shape index (κ1) is 12.4. The van der Waals surface area contributed by atoms with Gasteiger partial charge in [0, 0.05) is 6.04 Å². The molecule has 0 radical (unpaired) electrons. The van der Waals surface area contributed by atoms with Crippen LogP contribution >= 0.6 is 0 Å². The van der Waals surface area contributed by atoms with E-state index in [4.69, 9.17) is 5.73 Å². The molecule has 3 N–H and O–H groups in total. The molecule has 0 saturated carbocycles. The van der Waals surface area contributed by atoms with E-state index in [1.807, 2.05) is 0 Å². The second-order valence-electron chi connectivity index (χ2n) is 4.36. The maximum atomic E-state index is 12.8. The molecule has 2 atom stereocenters. The minimum absolute atomic E-state index is 0.0819. The second kappa shape index (κ2) is 4.66. The van der Waals surface area contributed by atoms with Crippen LogP contribution in [0.15, 0.2) is 24.3 Å². The fourth-order valence-corrected chi connectivity index (χ4v) is 2.28. The van der Waals surface area contributed by atoms with Crippen molar-refractivity contribution in [3.63, 3.8) is 0 Å². The third-order valence-electron chi connectivity index (χ3n) is 3.23. The second-order valence-corrected chi connectivity index (χ2v) is 4.36. The van der Waals surface area contributed by atoms with Gasteiger partial charge in [-0.3, -0.25) is 0 Å². The van der Waals surface area contributed by atoms with Gasteiger partial charge in [-0.2, -0.15) is 13.2 Å². The largest absolute Gasteiger partial charge is 0.416 e. The van der Waals surface area contributed by atoms with Crippen LogP contribution in [0.4, 0.5) is 13.2 Å². The van der Waals surface area contributed by atoms with Gasteiger partial charge >= 0.3 is 6.18 Å². The summed E-state index contributed by atoms with van der Waals surface area (Å²) in [6.07, 6.45) is -3.51. The standard InChI is InChI=1S/C12H15F3N2/c13-12(14,15)10-4-2-1-3-9(10)11(16)8-5-6-17-7-8/h1-4,8,11,17H,5-7,16H2. The number of benzene rings is 1. The fourth-order valence-electron chi connectivity index (χ4n) is 2.28. The minimum Gasteiger partial charge on any atom is -0.324 e. The summed E-state index contributed by atoms with van der Waals surface area (Å²) in [6, 6.07) is 5.02. The van der Waals surface area contributed by atoms with E-state index in [1.165, 1.54) is 12.1 Å². The van der Waals surface area contributed by atoms with Crippen molar-refractivity contribution in [2.24, 2.45) is 11.7 Å². The molecule has 1 aliphatic rings. The normalized spacial score (nSPS) is 22.7. The van der Waals surface area contributed by atoms with Gasteiger partial charge in [-0.25, -0.2) is 0 Å². The Morgan fingerprint density at radius 1 is 1.29 bits per heavy atom. The Balaban J connectivity index is 2.31. The molecule has 1 saturated heterocycles. The van der Waals surface area contributed by atoms with Crippen LogP contribution in [-0.4, -0.2) is 13.1 Å². The van der Waals surface area contributed by atoms with Crippen molar-refractivity contribution >= 4 is 0 Å². The van der Waals surface area contributed by atoms with E-state index in [9.17, 15) is 13.2 Å². The van der Waals surface area contributed by atoms with E-state index in [0.29, 0.717) is 6.54 Å². The molecule has 1 fully saturated rings. The highest BCUT2D eigenvalue weighted by atomic mass is 19.4. The topological polar surface area (TPSA) is 38.0 Å². The molecule has 1 heterocycles. The van der Waals surface area contributed by atoms with Crippen molar-refractivity contribution in [2.75, 3.05) is 13.1 Å². The average molecular weight is 244 g/mol. The summed E-state index contributed by atoms with van der Waals surface area (Å²) in [7, 11) is 0. The molecule has 2 nitrogen and oxygen atoms in total. The summed E-state index contributed by atoms with van der Waals surface area (Å²) in [6.45, 7) is 1.51. The molecule has 17 heavy (non-hydrogen) atoms. The molecule has 0 spiro atoms. The zero-order valence-corrected chi connectivity index (χ0v) is 9.30. The Bertz CT molecular complexity index is 384. The van der Waals surface area contributed by atoms with E-state index in [0.717, 1.165) is 19.0 Å². The van der Waals surface area contributed by atoms with Gasteiger partial charge in [-0.1, -0.05) is 18.2 Å². The van der Waals surface area contributed by atoms with Crippen molar-refractivity contribution in [3.8, 4) is 0 Å². The maximum absolute atomic E-state index is 12.8. The van der Waals surface area contributed by atoms with Crippen LogP contribution in [0.1, 0.15) is 23.6 Å². The molecule has 1 aromatic rings. The molecule has 5 heteroatoms. The van der Waals surface area contributed by atoms with E-state index < -0.39 is 17.8 Å². The number of halogens is 3. The Labute approximate surface area is 98.0 Å². The molecule has 0 amide bonds. The minimum atomic E-state index is -4.33. The van der Waals surface area contributed by atoms with Crippen LogP contribution < -0.4 is 11.1 Å². The molecular formula is C12H15F3N2. The highest BCUT2D eigenvalue weighted by Crippen LogP contribution is 2.36. The van der Waals surface area contributed by atoms with Crippen molar-refractivity contribution in [1.29, 1.82) is 0 Å². The smallest absolute Gasteiger partial charge is 0.324 e. The Hall–Kier alpha value is -1.07. The monoisotopic (exact) mass is 244 g/mol. The molecule has 0 aliphatic carbocycles. The number of hydrogen-bond donors (Lipinski definition) is 2.